The normalized spacial score (nSPS) is 17.4. The van der Waals surface area contributed by atoms with Crippen LogP contribution in [0.1, 0.15) is 48.7 Å². The number of nitrogens with zero attached hydrogens (tertiary/aromatic N) is 4. The molecule has 32 heavy (non-hydrogen) atoms. The Morgan fingerprint density at radius 1 is 1.22 bits per heavy atom. The molecule has 2 N–H and O–H groups in total. The number of benzene rings is 1. The lowest BCUT2D eigenvalue weighted by atomic mass is 10.0. The van der Waals surface area contributed by atoms with Crippen molar-refractivity contribution in [3.8, 4) is 0 Å². The average Bonchev–Trinajstić information content (AvgIpc) is 3.52. The Balaban J connectivity index is 2.09. The molecule has 0 amide bonds. The highest BCUT2D eigenvalue weighted by atomic mass is 19.1. The molecule has 1 saturated heterocycles. The molecular weight excluding hydrogens is 413 g/mol. The van der Waals surface area contributed by atoms with Crippen molar-refractivity contribution in [2.24, 2.45) is 4.99 Å². The van der Waals surface area contributed by atoms with Crippen LogP contribution in [-0.2, 0) is 0 Å². The van der Waals surface area contributed by atoms with Gasteiger partial charge in [-0.05, 0) is 44.4 Å². The highest BCUT2D eigenvalue weighted by Gasteiger charge is 2.35. The number of halogens is 1. The smallest absolute Gasteiger partial charge is 0.332 e. The van der Waals surface area contributed by atoms with Crippen LogP contribution in [0.5, 0.6) is 0 Å². The standard InChI is InChI=1S/C23H28FN5O3/c1-13-5-8-18(17(24)9-13)26-21(27(3)4)19-20(14(2)12-30)28(16-10-25-11-16)23(32)29(22(19)31)15-6-7-15/h5,8-9,12,15-16,25,30H,6-7,10-11H2,1-4H3/b14-12+,26-21?. The summed E-state index contributed by atoms with van der Waals surface area (Å²) in [6, 6.07) is 4.39. The molecule has 1 aromatic heterocycles. The van der Waals surface area contributed by atoms with E-state index in [1.165, 1.54) is 10.6 Å². The number of aliphatic imine (C=N–C) groups is 1. The average molecular weight is 442 g/mol. The Morgan fingerprint density at radius 2 is 1.91 bits per heavy atom. The minimum absolute atomic E-state index is 0.0938. The number of rotatable bonds is 5. The van der Waals surface area contributed by atoms with E-state index in [1.54, 1.807) is 49.5 Å². The van der Waals surface area contributed by atoms with Gasteiger partial charge in [0.25, 0.3) is 5.56 Å². The number of aryl methyl sites for hydroxylation is 1. The summed E-state index contributed by atoms with van der Waals surface area (Å²) in [5.41, 5.74) is 0.844. The molecule has 8 nitrogen and oxygen atoms in total. The monoisotopic (exact) mass is 441 g/mol. The fourth-order valence-corrected chi connectivity index (χ4v) is 3.94. The molecule has 2 heterocycles. The second-order valence-electron chi connectivity index (χ2n) is 8.69. The SMILES string of the molecule is C/C(=C\O)c1c(C(=Nc2ccc(C)cc2F)N(C)C)c(=O)n(C2CC2)c(=O)n1C1CNC1. The van der Waals surface area contributed by atoms with Crippen molar-refractivity contribution in [3.05, 3.63) is 67.9 Å². The van der Waals surface area contributed by atoms with Gasteiger partial charge in [-0.2, -0.15) is 0 Å². The van der Waals surface area contributed by atoms with E-state index < -0.39 is 11.4 Å². The highest BCUT2D eigenvalue weighted by Crippen LogP contribution is 2.33. The first kappa shape index (κ1) is 22.0. The van der Waals surface area contributed by atoms with Crippen LogP contribution in [-0.4, -0.2) is 52.2 Å². The van der Waals surface area contributed by atoms with Gasteiger partial charge in [-0.3, -0.25) is 13.9 Å². The summed E-state index contributed by atoms with van der Waals surface area (Å²) in [4.78, 5) is 33.3. The zero-order valence-corrected chi connectivity index (χ0v) is 18.7. The molecular formula is C23H28FN5O3. The third-order valence-corrected chi connectivity index (χ3v) is 5.90. The van der Waals surface area contributed by atoms with Crippen molar-refractivity contribution in [1.82, 2.24) is 19.4 Å². The van der Waals surface area contributed by atoms with Gasteiger partial charge in [0.2, 0.25) is 0 Å². The summed E-state index contributed by atoms with van der Waals surface area (Å²) < 4.78 is 17.5. The van der Waals surface area contributed by atoms with Gasteiger partial charge in [-0.1, -0.05) is 6.07 Å². The van der Waals surface area contributed by atoms with Crippen molar-refractivity contribution < 1.29 is 9.50 Å². The van der Waals surface area contributed by atoms with Crippen LogP contribution in [0.4, 0.5) is 10.1 Å². The van der Waals surface area contributed by atoms with Gasteiger partial charge < -0.3 is 15.3 Å². The Labute approximate surface area is 185 Å². The molecule has 0 atom stereocenters. The topological polar surface area (TPSA) is 91.9 Å². The third-order valence-electron chi connectivity index (χ3n) is 5.90. The maximum atomic E-state index is 14.6. The van der Waals surface area contributed by atoms with Crippen LogP contribution in [0, 0.1) is 12.7 Å². The van der Waals surface area contributed by atoms with Gasteiger partial charge in [0, 0.05) is 38.8 Å². The van der Waals surface area contributed by atoms with Crippen LogP contribution in [0.15, 0.2) is 39.0 Å². The van der Waals surface area contributed by atoms with Crippen molar-refractivity contribution >= 4 is 17.1 Å². The van der Waals surface area contributed by atoms with Gasteiger partial charge in [0.15, 0.2) is 0 Å². The molecule has 2 aliphatic rings. The minimum Gasteiger partial charge on any atom is -0.515 e. The Hall–Kier alpha value is -3.20. The third kappa shape index (κ3) is 3.77. The lowest BCUT2D eigenvalue weighted by molar-refractivity contribution is 0.320. The van der Waals surface area contributed by atoms with E-state index in [0.717, 1.165) is 24.7 Å². The van der Waals surface area contributed by atoms with Gasteiger partial charge in [-0.25, -0.2) is 14.2 Å². The zero-order chi connectivity index (χ0) is 23.2. The molecule has 2 aromatic rings. The molecule has 0 unspecified atom stereocenters. The Kier molecular flexibility index (Phi) is 5.77. The van der Waals surface area contributed by atoms with Crippen molar-refractivity contribution in [1.29, 1.82) is 0 Å². The molecule has 1 saturated carbocycles. The van der Waals surface area contributed by atoms with E-state index in [1.807, 2.05) is 0 Å². The number of hydrogen-bond donors (Lipinski definition) is 2. The largest absolute Gasteiger partial charge is 0.515 e. The summed E-state index contributed by atoms with van der Waals surface area (Å²) in [5.74, 6) is -0.274. The maximum absolute atomic E-state index is 14.6. The molecule has 0 spiro atoms. The van der Waals surface area contributed by atoms with Crippen LogP contribution in [0.2, 0.25) is 0 Å². The molecule has 1 aliphatic carbocycles. The predicted octanol–water partition coefficient (Wildman–Crippen LogP) is 2.50. The van der Waals surface area contributed by atoms with E-state index in [2.05, 4.69) is 10.3 Å². The van der Waals surface area contributed by atoms with E-state index in [4.69, 9.17) is 0 Å². The van der Waals surface area contributed by atoms with Crippen molar-refractivity contribution in [3.63, 3.8) is 0 Å². The van der Waals surface area contributed by atoms with E-state index in [9.17, 15) is 19.1 Å². The lowest BCUT2D eigenvalue weighted by Crippen LogP contribution is -2.53. The van der Waals surface area contributed by atoms with Crippen LogP contribution in [0.3, 0.4) is 0 Å². The maximum Gasteiger partial charge on any atom is 0.332 e. The lowest BCUT2D eigenvalue weighted by Gasteiger charge is -2.33. The van der Waals surface area contributed by atoms with Crippen LogP contribution >= 0.6 is 0 Å². The minimum atomic E-state index is -0.501. The number of allylic oxidation sites excluding steroid dienone is 1. The summed E-state index contributed by atoms with van der Waals surface area (Å²) in [6.07, 6.45) is 2.40. The molecule has 0 bridgehead atoms. The number of aromatic nitrogens is 2. The molecule has 170 valence electrons. The molecule has 1 aromatic carbocycles. The Bertz CT molecular complexity index is 1230. The summed E-state index contributed by atoms with van der Waals surface area (Å²) in [7, 11) is 3.43. The number of nitrogens with one attached hydrogen (secondary N) is 1. The molecule has 1 aliphatic heterocycles. The van der Waals surface area contributed by atoms with Gasteiger partial charge in [-0.15, -0.1) is 0 Å². The van der Waals surface area contributed by atoms with Crippen LogP contribution < -0.4 is 16.6 Å². The van der Waals surface area contributed by atoms with Crippen molar-refractivity contribution in [2.75, 3.05) is 27.2 Å². The quantitative estimate of drug-likeness (QED) is 0.423. The first-order valence-electron chi connectivity index (χ1n) is 10.7. The van der Waals surface area contributed by atoms with Gasteiger partial charge in [0.1, 0.15) is 22.9 Å². The fraction of sp³-hybridized carbons (Fsp3) is 0.435. The first-order valence-corrected chi connectivity index (χ1v) is 10.7. The summed E-state index contributed by atoms with van der Waals surface area (Å²) in [6.45, 7) is 4.58. The second-order valence-corrected chi connectivity index (χ2v) is 8.69. The van der Waals surface area contributed by atoms with E-state index >= 15 is 0 Å². The fourth-order valence-electron chi connectivity index (χ4n) is 3.94. The van der Waals surface area contributed by atoms with Gasteiger partial charge in [0.05, 0.1) is 18.0 Å². The molecule has 4 rings (SSSR count). The first-order chi connectivity index (χ1) is 15.2. The second kappa shape index (κ2) is 8.38. The van der Waals surface area contributed by atoms with E-state index in [-0.39, 0.29) is 34.9 Å². The van der Waals surface area contributed by atoms with Crippen LogP contribution in [0.25, 0.3) is 5.57 Å². The predicted molar refractivity (Wildman–Crippen MR) is 122 cm³/mol. The molecule has 0 radical (unpaired) electrons. The number of hydrogen-bond acceptors (Lipinski definition) is 5. The van der Waals surface area contributed by atoms with E-state index in [0.29, 0.717) is 24.4 Å². The highest BCUT2D eigenvalue weighted by molar-refractivity contribution is 6.03. The number of aliphatic hydroxyl groups is 1. The molecule has 9 heteroatoms. The van der Waals surface area contributed by atoms with Crippen molar-refractivity contribution in [2.45, 2.75) is 38.8 Å². The Morgan fingerprint density at radius 3 is 2.41 bits per heavy atom. The summed E-state index contributed by atoms with van der Waals surface area (Å²) >= 11 is 0. The number of amidine groups is 1. The van der Waals surface area contributed by atoms with Gasteiger partial charge >= 0.3 is 5.69 Å². The molecule has 2 fully saturated rings. The zero-order valence-electron chi connectivity index (χ0n) is 18.7. The summed E-state index contributed by atoms with van der Waals surface area (Å²) in [5, 5.41) is 13.0. The number of aliphatic hydroxyl groups excluding tert-OH is 1.